The smallest absolute Gasteiger partial charge is 0.160 e. The highest BCUT2D eigenvalue weighted by Crippen LogP contribution is 2.32. The number of ether oxygens (including phenoxy) is 1. The fourth-order valence-corrected chi connectivity index (χ4v) is 2.82. The molecule has 0 aliphatic carbocycles. The summed E-state index contributed by atoms with van der Waals surface area (Å²) in [5.74, 6) is 0.493. The molecule has 2 aromatic carbocycles. The third-order valence-electron chi connectivity index (χ3n) is 3.89. The van der Waals surface area contributed by atoms with Crippen molar-refractivity contribution in [3.8, 4) is 11.5 Å². The highest BCUT2D eigenvalue weighted by molar-refractivity contribution is 5.47. The number of fused-ring (bicyclic) bond motifs is 1. The molecular formula is C17H18FNO2. The van der Waals surface area contributed by atoms with Crippen LogP contribution in [0.25, 0.3) is 0 Å². The van der Waals surface area contributed by atoms with E-state index in [2.05, 4.69) is 4.90 Å². The summed E-state index contributed by atoms with van der Waals surface area (Å²) in [7, 11) is 1.55. The Morgan fingerprint density at radius 3 is 2.86 bits per heavy atom. The van der Waals surface area contributed by atoms with E-state index in [1.54, 1.807) is 25.3 Å². The second-order valence-electron chi connectivity index (χ2n) is 5.38. The molecule has 1 N–H and O–H groups in total. The van der Waals surface area contributed by atoms with E-state index in [9.17, 15) is 9.50 Å². The fourth-order valence-electron chi connectivity index (χ4n) is 2.82. The lowest BCUT2D eigenvalue weighted by Gasteiger charge is -2.29. The van der Waals surface area contributed by atoms with Crippen LogP contribution in [-0.4, -0.2) is 23.7 Å². The van der Waals surface area contributed by atoms with Crippen molar-refractivity contribution in [1.29, 1.82) is 0 Å². The van der Waals surface area contributed by atoms with E-state index in [0.717, 1.165) is 42.7 Å². The minimum absolute atomic E-state index is 0.190. The van der Waals surface area contributed by atoms with Crippen molar-refractivity contribution in [3.63, 3.8) is 0 Å². The molecule has 0 unspecified atom stereocenters. The third kappa shape index (κ3) is 3.00. The Labute approximate surface area is 123 Å². The molecule has 3 rings (SSSR count). The van der Waals surface area contributed by atoms with Gasteiger partial charge < -0.3 is 9.84 Å². The number of hydrogen-bond donors (Lipinski definition) is 1. The van der Waals surface area contributed by atoms with Crippen LogP contribution in [0, 0.1) is 5.82 Å². The van der Waals surface area contributed by atoms with Gasteiger partial charge in [-0.05, 0) is 47.4 Å². The molecule has 0 spiro atoms. The van der Waals surface area contributed by atoms with Gasteiger partial charge in [-0.1, -0.05) is 12.1 Å². The molecule has 0 amide bonds. The largest absolute Gasteiger partial charge is 0.504 e. The zero-order chi connectivity index (χ0) is 14.8. The van der Waals surface area contributed by atoms with E-state index in [1.807, 2.05) is 12.1 Å². The quantitative estimate of drug-likeness (QED) is 0.941. The predicted octanol–water partition coefficient (Wildman–Crippen LogP) is 3.10. The SMILES string of the molecule is COc1cc2c(cc1O)CCN(Cc1cccc(F)c1)C2. The standard InChI is InChI=1S/C17H18FNO2/c1-21-17-9-14-11-19(6-5-13(14)8-16(17)20)10-12-3-2-4-15(18)7-12/h2-4,7-9,20H,5-6,10-11H2,1H3. The second kappa shape index (κ2) is 5.74. The number of phenols is 1. The van der Waals surface area contributed by atoms with Crippen molar-refractivity contribution in [2.75, 3.05) is 13.7 Å². The summed E-state index contributed by atoms with van der Waals surface area (Å²) < 4.78 is 18.4. The first kappa shape index (κ1) is 13.9. The summed E-state index contributed by atoms with van der Waals surface area (Å²) >= 11 is 0. The van der Waals surface area contributed by atoms with Crippen LogP contribution < -0.4 is 4.74 Å². The van der Waals surface area contributed by atoms with Crippen LogP contribution in [0.5, 0.6) is 11.5 Å². The average Bonchev–Trinajstić information content (AvgIpc) is 2.47. The molecule has 3 nitrogen and oxygen atoms in total. The van der Waals surface area contributed by atoms with Gasteiger partial charge in [-0.15, -0.1) is 0 Å². The molecule has 1 heterocycles. The van der Waals surface area contributed by atoms with Gasteiger partial charge in [0.05, 0.1) is 7.11 Å². The highest BCUT2D eigenvalue weighted by atomic mass is 19.1. The molecule has 1 aliphatic rings. The predicted molar refractivity (Wildman–Crippen MR) is 78.9 cm³/mol. The van der Waals surface area contributed by atoms with E-state index in [1.165, 1.54) is 6.07 Å². The summed E-state index contributed by atoms with van der Waals surface area (Å²) in [4.78, 5) is 2.27. The number of benzene rings is 2. The monoisotopic (exact) mass is 287 g/mol. The lowest BCUT2D eigenvalue weighted by molar-refractivity contribution is 0.244. The lowest BCUT2D eigenvalue weighted by Crippen LogP contribution is -2.30. The zero-order valence-corrected chi connectivity index (χ0v) is 12.0. The molecule has 21 heavy (non-hydrogen) atoms. The molecule has 110 valence electrons. The number of aromatic hydroxyl groups is 1. The number of phenolic OH excluding ortho intramolecular Hbond substituents is 1. The molecule has 4 heteroatoms. The van der Waals surface area contributed by atoms with Crippen molar-refractivity contribution in [2.45, 2.75) is 19.5 Å². The Morgan fingerprint density at radius 2 is 2.10 bits per heavy atom. The van der Waals surface area contributed by atoms with Crippen molar-refractivity contribution in [1.82, 2.24) is 4.90 Å². The summed E-state index contributed by atoms with van der Waals surface area (Å²) in [6.45, 7) is 2.40. The number of hydrogen-bond acceptors (Lipinski definition) is 3. The zero-order valence-electron chi connectivity index (χ0n) is 12.0. The van der Waals surface area contributed by atoms with Crippen molar-refractivity contribution >= 4 is 0 Å². The van der Waals surface area contributed by atoms with Crippen molar-refractivity contribution in [2.24, 2.45) is 0 Å². The Kier molecular flexibility index (Phi) is 3.80. The molecule has 0 aromatic heterocycles. The van der Waals surface area contributed by atoms with E-state index >= 15 is 0 Å². The normalized spacial score (nSPS) is 14.8. The average molecular weight is 287 g/mol. The lowest BCUT2D eigenvalue weighted by atomic mass is 9.98. The minimum atomic E-state index is -0.198. The van der Waals surface area contributed by atoms with Gasteiger partial charge in [0.2, 0.25) is 0 Å². The summed E-state index contributed by atoms with van der Waals surface area (Å²) in [6, 6.07) is 10.4. The molecule has 0 saturated carbocycles. The maximum Gasteiger partial charge on any atom is 0.160 e. The number of methoxy groups -OCH3 is 1. The van der Waals surface area contributed by atoms with E-state index < -0.39 is 0 Å². The third-order valence-corrected chi connectivity index (χ3v) is 3.89. The van der Waals surface area contributed by atoms with Gasteiger partial charge in [0.25, 0.3) is 0 Å². The van der Waals surface area contributed by atoms with Gasteiger partial charge in [0.1, 0.15) is 5.82 Å². The Hall–Kier alpha value is -2.07. The van der Waals surface area contributed by atoms with Gasteiger partial charge >= 0.3 is 0 Å². The Morgan fingerprint density at radius 1 is 1.24 bits per heavy atom. The van der Waals surface area contributed by atoms with Gasteiger partial charge in [-0.2, -0.15) is 0 Å². The molecule has 0 bridgehead atoms. The molecular weight excluding hydrogens is 269 g/mol. The minimum Gasteiger partial charge on any atom is -0.504 e. The van der Waals surface area contributed by atoms with Crippen LogP contribution in [0.4, 0.5) is 4.39 Å². The van der Waals surface area contributed by atoms with Crippen LogP contribution in [0.1, 0.15) is 16.7 Å². The first-order valence-corrected chi connectivity index (χ1v) is 7.01. The van der Waals surface area contributed by atoms with Crippen LogP contribution in [0.2, 0.25) is 0 Å². The summed E-state index contributed by atoms with van der Waals surface area (Å²) in [6.07, 6.45) is 0.877. The van der Waals surface area contributed by atoms with E-state index in [-0.39, 0.29) is 11.6 Å². The number of nitrogens with zero attached hydrogens (tertiary/aromatic N) is 1. The van der Waals surface area contributed by atoms with E-state index in [4.69, 9.17) is 4.74 Å². The number of rotatable bonds is 3. The van der Waals surface area contributed by atoms with Crippen molar-refractivity contribution in [3.05, 3.63) is 58.9 Å². The number of halogens is 1. The molecule has 0 fully saturated rings. The van der Waals surface area contributed by atoms with Gasteiger partial charge in [0, 0.05) is 19.6 Å². The van der Waals surface area contributed by atoms with Crippen molar-refractivity contribution < 1.29 is 14.2 Å². The molecule has 0 saturated heterocycles. The van der Waals surface area contributed by atoms with E-state index in [0.29, 0.717) is 5.75 Å². The van der Waals surface area contributed by atoms with Crippen LogP contribution in [0.15, 0.2) is 36.4 Å². The van der Waals surface area contributed by atoms with Gasteiger partial charge in [-0.25, -0.2) is 4.39 Å². The van der Waals surface area contributed by atoms with Crippen LogP contribution >= 0.6 is 0 Å². The Balaban J connectivity index is 1.77. The van der Waals surface area contributed by atoms with Crippen LogP contribution in [-0.2, 0) is 19.5 Å². The topological polar surface area (TPSA) is 32.7 Å². The summed E-state index contributed by atoms with van der Waals surface area (Å²) in [5.41, 5.74) is 3.29. The molecule has 0 atom stereocenters. The summed E-state index contributed by atoms with van der Waals surface area (Å²) in [5, 5.41) is 9.82. The molecule has 1 aliphatic heterocycles. The van der Waals surface area contributed by atoms with Gasteiger partial charge in [0.15, 0.2) is 11.5 Å². The molecule has 0 radical (unpaired) electrons. The maximum absolute atomic E-state index is 13.2. The maximum atomic E-state index is 13.2. The second-order valence-corrected chi connectivity index (χ2v) is 5.38. The highest BCUT2D eigenvalue weighted by Gasteiger charge is 2.19. The first-order valence-electron chi connectivity index (χ1n) is 7.01. The Bertz CT molecular complexity index is 657. The first-order chi connectivity index (χ1) is 10.2. The molecule has 2 aromatic rings. The van der Waals surface area contributed by atoms with Crippen LogP contribution in [0.3, 0.4) is 0 Å². The van der Waals surface area contributed by atoms with Gasteiger partial charge in [-0.3, -0.25) is 4.90 Å². The fraction of sp³-hybridized carbons (Fsp3) is 0.294.